The summed E-state index contributed by atoms with van der Waals surface area (Å²) in [4.78, 5) is 26.3. The first kappa shape index (κ1) is 15.8. The van der Waals surface area contributed by atoms with Crippen molar-refractivity contribution in [3.63, 3.8) is 0 Å². The van der Waals surface area contributed by atoms with Crippen molar-refractivity contribution in [1.82, 2.24) is 0 Å². The number of methoxy groups -OCH3 is 1. The van der Waals surface area contributed by atoms with Crippen LogP contribution in [0, 0.1) is 0 Å². The van der Waals surface area contributed by atoms with E-state index in [9.17, 15) is 9.59 Å². The largest absolute Gasteiger partial charge is 0.497 e. The third kappa shape index (κ3) is 3.01. The highest BCUT2D eigenvalue weighted by Crippen LogP contribution is 2.35. The first-order valence-electron chi connectivity index (χ1n) is 7.65. The topological polar surface area (TPSA) is 58.6 Å². The zero-order valence-corrected chi connectivity index (χ0v) is 13.5. The molecule has 0 aromatic heterocycles. The second-order valence-corrected chi connectivity index (χ2v) is 5.50. The summed E-state index contributed by atoms with van der Waals surface area (Å²) in [5, 5.41) is 2.81. The highest BCUT2D eigenvalue weighted by atomic mass is 16.5. The Morgan fingerprint density at radius 2 is 1.96 bits per heavy atom. The van der Waals surface area contributed by atoms with E-state index in [1.807, 2.05) is 30.3 Å². The van der Waals surface area contributed by atoms with Gasteiger partial charge in [-0.05, 0) is 30.7 Å². The number of anilines is 2. The van der Waals surface area contributed by atoms with Gasteiger partial charge in [-0.15, -0.1) is 0 Å². The molecule has 3 rings (SSSR count). The minimum Gasteiger partial charge on any atom is -0.497 e. The van der Waals surface area contributed by atoms with Crippen LogP contribution in [0.1, 0.15) is 12.5 Å². The van der Waals surface area contributed by atoms with E-state index in [4.69, 9.17) is 4.74 Å². The number of carbonyl (C=O) groups excluding carboxylic acids is 2. The number of fused-ring (bicyclic) bond motifs is 1. The number of carbonyl (C=O) groups is 2. The molecule has 0 aliphatic carbocycles. The van der Waals surface area contributed by atoms with Crippen LogP contribution in [0.2, 0.25) is 0 Å². The normalized spacial score (nSPS) is 16.7. The number of hydrogen-bond donors (Lipinski definition) is 1. The second-order valence-electron chi connectivity index (χ2n) is 5.50. The Morgan fingerprint density at radius 1 is 1.21 bits per heavy atom. The van der Waals surface area contributed by atoms with Crippen molar-refractivity contribution in [2.45, 2.75) is 13.0 Å². The van der Waals surface area contributed by atoms with Crippen molar-refractivity contribution in [2.75, 3.05) is 17.3 Å². The molecule has 1 unspecified atom stereocenters. The van der Waals surface area contributed by atoms with Crippen LogP contribution in [0.15, 0.2) is 54.6 Å². The zero-order valence-electron chi connectivity index (χ0n) is 13.5. The lowest BCUT2D eigenvalue weighted by molar-refractivity contribution is -0.121. The van der Waals surface area contributed by atoms with Crippen LogP contribution in [-0.4, -0.2) is 25.0 Å². The molecular formula is C19H18N2O3. The van der Waals surface area contributed by atoms with E-state index >= 15 is 0 Å². The maximum atomic E-state index is 12.7. The summed E-state index contributed by atoms with van der Waals surface area (Å²) in [6.07, 6.45) is 3.23. The van der Waals surface area contributed by atoms with Crippen molar-refractivity contribution in [3.8, 4) is 5.75 Å². The van der Waals surface area contributed by atoms with Gasteiger partial charge in [0.2, 0.25) is 5.91 Å². The summed E-state index contributed by atoms with van der Waals surface area (Å²) < 4.78 is 5.17. The molecule has 0 radical (unpaired) electrons. The van der Waals surface area contributed by atoms with E-state index in [1.165, 1.54) is 11.0 Å². The molecule has 1 aliphatic heterocycles. The fourth-order valence-electron chi connectivity index (χ4n) is 2.64. The van der Waals surface area contributed by atoms with Gasteiger partial charge in [0, 0.05) is 12.1 Å². The van der Waals surface area contributed by atoms with Gasteiger partial charge in [-0.1, -0.05) is 30.3 Å². The molecule has 1 heterocycles. The van der Waals surface area contributed by atoms with Crippen LogP contribution in [0.25, 0.3) is 6.08 Å². The van der Waals surface area contributed by atoms with Gasteiger partial charge in [0.05, 0.1) is 18.5 Å². The Kier molecular flexibility index (Phi) is 4.33. The number of amides is 2. The molecule has 5 nitrogen and oxygen atoms in total. The molecule has 2 aromatic rings. The van der Waals surface area contributed by atoms with Crippen LogP contribution in [0.4, 0.5) is 11.4 Å². The summed E-state index contributed by atoms with van der Waals surface area (Å²) in [5.74, 6) is 0.153. The van der Waals surface area contributed by atoms with Crippen molar-refractivity contribution >= 4 is 29.3 Å². The molecule has 1 atom stereocenters. The van der Waals surface area contributed by atoms with E-state index in [0.717, 1.165) is 5.56 Å². The molecule has 122 valence electrons. The number of nitrogens with zero attached hydrogens (tertiary/aromatic N) is 1. The Hall–Kier alpha value is -3.08. The van der Waals surface area contributed by atoms with Gasteiger partial charge in [0.25, 0.3) is 5.91 Å². The average Bonchev–Trinajstić information content (AvgIpc) is 2.61. The molecule has 1 aliphatic rings. The number of ether oxygens (including phenoxy) is 1. The third-order valence-electron chi connectivity index (χ3n) is 3.94. The van der Waals surface area contributed by atoms with E-state index in [1.54, 1.807) is 38.3 Å². The molecule has 0 fully saturated rings. The SMILES string of the molecule is COc1ccc2c(c1)NC(=O)C(C)N2C(=O)C=Cc1ccccc1. The van der Waals surface area contributed by atoms with E-state index in [-0.39, 0.29) is 11.8 Å². The highest BCUT2D eigenvalue weighted by Gasteiger charge is 2.33. The minimum atomic E-state index is -0.584. The molecule has 2 aromatic carbocycles. The summed E-state index contributed by atoms with van der Waals surface area (Å²) in [6.45, 7) is 1.71. The molecule has 0 spiro atoms. The van der Waals surface area contributed by atoms with Crippen LogP contribution in [0.5, 0.6) is 5.75 Å². The molecule has 2 amide bonds. The third-order valence-corrected chi connectivity index (χ3v) is 3.94. The van der Waals surface area contributed by atoms with Crippen LogP contribution in [0.3, 0.4) is 0 Å². The summed E-state index contributed by atoms with van der Waals surface area (Å²) in [5.41, 5.74) is 2.15. The van der Waals surface area contributed by atoms with Crippen LogP contribution < -0.4 is 15.0 Å². The van der Waals surface area contributed by atoms with Crippen LogP contribution >= 0.6 is 0 Å². The first-order chi connectivity index (χ1) is 11.6. The fourth-order valence-corrected chi connectivity index (χ4v) is 2.64. The van der Waals surface area contributed by atoms with Gasteiger partial charge >= 0.3 is 0 Å². The maximum Gasteiger partial charge on any atom is 0.251 e. The van der Waals surface area contributed by atoms with Gasteiger partial charge in [-0.25, -0.2) is 0 Å². The van der Waals surface area contributed by atoms with Crippen molar-refractivity contribution in [2.24, 2.45) is 0 Å². The van der Waals surface area contributed by atoms with Crippen LogP contribution in [-0.2, 0) is 9.59 Å². The Balaban J connectivity index is 1.93. The summed E-state index contributed by atoms with van der Waals surface area (Å²) in [6, 6.07) is 14.2. The number of benzene rings is 2. The smallest absolute Gasteiger partial charge is 0.251 e. The van der Waals surface area contributed by atoms with E-state index in [0.29, 0.717) is 17.1 Å². The number of hydrogen-bond acceptors (Lipinski definition) is 3. The van der Waals surface area contributed by atoms with Gasteiger partial charge < -0.3 is 10.1 Å². The average molecular weight is 322 g/mol. The molecule has 5 heteroatoms. The lowest BCUT2D eigenvalue weighted by atomic mass is 10.1. The first-order valence-corrected chi connectivity index (χ1v) is 7.65. The molecule has 1 N–H and O–H groups in total. The predicted molar refractivity (Wildman–Crippen MR) is 94.0 cm³/mol. The van der Waals surface area contributed by atoms with E-state index in [2.05, 4.69) is 5.32 Å². The summed E-state index contributed by atoms with van der Waals surface area (Å²) in [7, 11) is 1.56. The second kappa shape index (κ2) is 6.58. The maximum absolute atomic E-state index is 12.7. The fraction of sp³-hybridized carbons (Fsp3) is 0.158. The van der Waals surface area contributed by atoms with Crippen molar-refractivity contribution in [1.29, 1.82) is 0 Å². The monoisotopic (exact) mass is 322 g/mol. The Morgan fingerprint density at radius 3 is 2.67 bits per heavy atom. The quantitative estimate of drug-likeness (QED) is 0.884. The van der Waals surface area contributed by atoms with Gasteiger partial charge in [0.1, 0.15) is 11.8 Å². The lowest BCUT2D eigenvalue weighted by Gasteiger charge is -2.34. The van der Waals surface area contributed by atoms with E-state index < -0.39 is 6.04 Å². The molecular weight excluding hydrogens is 304 g/mol. The van der Waals surface area contributed by atoms with Crippen molar-refractivity contribution in [3.05, 3.63) is 60.2 Å². The summed E-state index contributed by atoms with van der Waals surface area (Å²) >= 11 is 0. The standard InChI is InChI=1S/C19H18N2O3/c1-13-19(23)20-16-12-15(24-2)9-10-17(16)21(13)18(22)11-8-14-6-4-3-5-7-14/h3-13H,1-2H3,(H,20,23). The molecule has 0 bridgehead atoms. The minimum absolute atomic E-state index is 0.225. The Labute approximate surface area is 140 Å². The molecule has 24 heavy (non-hydrogen) atoms. The number of rotatable bonds is 3. The number of nitrogens with one attached hydrogen (secondary N) is 1. The highest BCUT2D eigenvalue weighted by molar-refractivity contribution is 6.15. The predicted octanol–water partition coefficient (Wildman–Crippen LogP) is 3.08. The zero-order chi connectivity index (χ0) is 17.1. The molecule has 0 saturated heterocycles. The lowest BCUT2D eigenvalue weighted by Crippen LogP contribution is -2.48. The molecule has 0 saturated carbocycles. The van der Waals surface area contributed by atoms with Crippen molar-refractivity contribution < 1.29 is 14.3 Å². The van der Waals surface area contributed by atoms with Gasteiger partial charge in [0.15, 0.2) is 0 Å². The van der Waals surface area contributed by atoms with Gasteiger partial charge in [-0.3, -0.25) is 14.5 Å². The Bertz CT molecular complexity index is 800. The van der Waals surface area contributed by atoms with Gasteiger partial charge in [-0.2, -0.15) is 0 Å².